The fraction of sp³-hybridized carbons (Fsp3) is 0. The highest BCUT2D eigenvalue weighted by atomic mass is 19.1. The monoisotopic (exact) mass is 754 g/mol. The predicted octanol–water partition coefficient (Wildman–Crippen LogP) is 16.3. The first-order chi connectivity index (χ1) is 29.1. The van der Waals surface area contributed by atoms with Gasteiger partial charge >= 0.3 is 0 Å². The number of anilines is 6. The van der Waals surface area contributed by atoms with E-state index in [0.29, 0.717) is 5.39 Å². The second-order valence-corrected chi connectivity index (χ2v) is 15.5. The predicted molar refractivity (Wildman–Crippen MR) is 249 cm³/mol. The average Bonchev–Trinajstić information content (AvgIpc) is 3.29. The molecule has 0 fully saturated rings. The Hall–Kier alpha value is -7.75. The maximum Gasteiger partial charge on any atom is 0.133 e. The van der Waals surface area contributed by atoms with Crippen LogP contribution in [-0.2, 0) is 0 Å². The van der Waals surface area contributed by atoms with Crippen molar-refractivity contribution in [2.75, 3.05) is 9.80 Å². The van der Waals surface area contributed by atoms with Crippen LogP contribution in [0.1, 0.15) is 0 Å². The van der Waals surface area contributed by atoms with Crippen molar-refractivity contribution >= 4 is 110 Å². The first kappa shape index (κ1) is 33.4. The SMILES string of the molecule is Fc1cc(N(c2ccc3ccccc3c2)c2ccc3ccccc3c2)c2ccc3ccc(N(c4ccc5ccccc5c4)c4ccc5ccccc5c4)c4ccc1c2c34. The van der Waals surface area contributed by atoms with Crippen LogP contribution in [-0.4, -0.2) is 0 Å². The minimum absolute atomic E-state index is 0.250. The van der Waals surface area contributed by atoms with Crippen LogP contribution in [0.25, 0.3) is 75.4 Å². The van der Waals surface area contributed by atoms with E-state index in [2.05, 4.69) is 210 Å². The highest BCUT2D eigenvalue weighted by Gasteiger charge is 2.24. The van der Waals surface area contributed by atoms with Crippen LogP contribution >= 0.6 is 0 Å². The third kappa shape index (κ3) is 5.40. The zero-order chi connectivity index (χ0) is 39.0. The molecule has 0 atom stereocenters. The quantitative estimate of drug-likeness (QED) is 0.156. The number of benzene rings is 12. The van der Waals surface area contributed by atoms with E-state index in [9.17, 15) is 0 Å². The van der Waals surface area contributed by atoms with Gasteiger partial charge in [-0.2, -0.15) is 0 Å². The van der Waals surface area contributed by atoms with Gasteiger partial charge in [-0.05, 0) is 115 Å². The van der Waals surface area contributed by atoms with E-state index in [-0.39, 0.29) is 5.82 Å². The molecule has 0 heterocycles. The summed E-state index contributed by atoms with van der Waals surface area (Å²) in [7, 11) is 0. The molecule has 0 aliphatic carbocycles. The summed E-state index contributed by atoms with van der Waals surface area (Å²) in [6.07, 6.45) is 0. The minimum atomic E-state index is -0.250. The molecule has 0 aliphatic rings. The molecule has 0 saturated carbocycles. The van der Waals surface area contributed by atoms with Crippen LogP contribution in [0.2, 0.25) is 0 Å². The number of halogens is 1. The molecule has 3 heteroatoms. The number of nitrogens with zero attached hydrogens (tertiary/aromatic N) is 2. The van der Waals surface area contributed by atoms with Crippen molar-refractivity contribution in [3.8, 4) is 0 Å². The van der Waals surface area contributed by atoms with Crippen LogP contribution in [0.15, 0.2) is 212 Å². The van der Waals surface area contributed by atoms with Crippen molar-refractivity contribution in [2.45, 2.75) is 0 Å². The van der Waals surface area contributed by atoms with Gasteiger partial charge in [-0.1, -0.05) is 152 Å². The summed E-state index contributed by atoms with van der Waals surface area (Å²) in [5, 5.41) is 15.0. The Morgan fingerprint density at radius 1 is 0.254 bits per heavy atom. The van der Waals surface area contributed by atoms with Gasteiger partial charge in [0, 0.05) is 44.3 Å². The second-order valence-electron chi connectivity index (χ2n) is 15.5. The van der Waals surface area contributed by atoms with Gasteiger partial charge < -0.3 is 9.80 Å². The van der Waals surface area contributed by atoms with Crippen molar-refractivity contribution in [1.82, 2.24) is 0 Å². The molecule has 0 bridgehead atoms. The molecule has 59 heavy (non-hydrogen) atoms. The van der Waals surface area contributed by atoms with Gasteiger partial charge in [0.1, 0.15) is 5.82 Å². The maximum absolute atomic E-state index is 17.0. The Labute approximate surface area is 340 Å². The van der Waals surface area contributed by atoms with Crippen LogP contribution in [0, 0.1) is 5.82 Å². The summed E-state index contributed by atoms with van der Waals surface area (Å²) < 4.78 is 17.0. The number of hydrogen-bond donors (Lipinski definition) is 0. The molecule has 0 aromatic heterocycles. The molecule has 0 amide bonds. The van der Waals surface area contributed by atoms with E-state index in [1.54, 1.807) is 6.07 Å². The lowest BCUT2D eigenvalue weighted by Crippen LogP contribution is -2.12. The minimum Gasteiger partial charge on any atom is -0.310 e. The highest BCUT2D eigenvalue weighted by molar-refractivity contribution is 6.28. The molecule has 0 radical (unpaired) electrons. The Balaban J connectivity index is 1.13. The van der Waals surface area contributed by atoms with Gasteiger partial charge in [-0.25, -0.2) is 4.39 Å². The summed E-state index contributed by atoms with van der Waals surface area (Å²) >= 11 is 0. The largest absolute Gasteiger partial charge is 0.310 e. The average molecular weight is 755 g/mol. The number of fused-ring (bicyclic) bond motifs is 4. The lowest BCUT2D eigenvalue weighted by molar-refractivity contribution is 0.640. The normalized spacial score (nSPS) is 11.8. The first-order valence-corrected chi connectivity index (χ1v) is 20.1. The van der Waals surface area contributed by atoms with E-state index < -0.39 is 0 Å². The molecule has 2 nitrogen and oxygen atoms in total. The molecule has 12 aromatic rings. The first-order valence-electron chi connectivity index (χ1n) is 20.1. The third-order valence-corrected chi connectivity index (χ3v) is 12.1. The van der Waals surface area contributed by atoms with Crippen LogP contribution < -0.4 is 9.80 Å². The molecule has 0 unspecified atom stereocenters. The topological polar surface area (TPSA) is 6.48 Å². The van der Waals surface area contributed by atoms with Crippen molar-refractivity contribution in [2.24, 2.45) is 0 Å². The fourth-order valence-corrected chi connectivity index (χ4v) is 9.32. The second kappa shape index (κ2) is 13.2. The molecular weight excluding hydrogens is 720 g/mol. The number of hydrogen-bond acceptors (Lipinski definition) is 2. The van der Waals surface area contributed by atoms with Crippen molar-refractivity contribution in [3.05, 3.63) is 218 Å². The summed E-state index contributed by atoms with van der Waals surface area (Å²) in [4.78, 5) is 4.59. The van der Waals surface area contributed by atoms with Gasteiger partial charge in [0.2, 0.25) is 0 Å². The summed E-state index contributed by atoms with van der Waals surface area (Å²) in [5.74, 6) is -0.250. The van der Waals surface area contributed by atoms with Gasteiger partial charge in [-0.3, -0.25) is 0 Å². The molecular formula is C56H35FN2. The molecule has 0 aliphatic heterocycles. The number of rotatable bonds is 6. The zero-order valence-electron chi connectivity index (χ0n) is 32.0. The van der Waals surface area contributed by atoms with Crippen molar-refractivity contribution < 1.29 is 4.39 Å². The standard InChI is InChI=1S/C56H35FN2/c57-52-35-54(59(47-25-19-38-11-3-7-15-43(38)33-47)48-26-20-39-12-4-8-16-44(39)34-48)51-27-21-40-22-30-53(50-29-28-49(52)56(51)55(40)50)58(45-23-17-36-9-1-5-13-41(36)31-45)46-24-18-37-10-2-6-14-42(37)32-46/h1-35H. The van der Waals surface area contributed by atoms with Crippen LogP contribution in [0.4, 0.5) is 38.5 Å². The lowest BCUT2D eigenvalue weighted by Gasteiger charge is -2.30. The Bertz CT molecular complexity index is 3450. The summed E-state index contributed by atoms with van der Waals surface area (Å²) in [6, 6.07) is 74.8. The van der Waals surface area contributed by atoms with Gasteiger partial charge in [-0.15, -0.1) is 0 Å². The molecule has 0 spiro atoms. The highest BCUT2D eigenvalue weighted by Crippen LogP contribution is 2.49. The zero-order valence-corrected chi connectivity index (χ0v) is 32.0. The Kier molecular flexibility index (Phi) is 7.45. The van der Waals surface area contributed by atoms with E-state index in [1.165, 1.54) is 21.5 Å². The van der Waals surface area contributed by atoms with Crippen molar-refractivity contribution in [1.29, 1.82) is 0 Å². The third-order valence-electron chi connectivity index (χ3n) is 12.1. The molecule has 0 N–H and O–H groups in total. The molecule has 12 aromatic carbocycles. The van der Waals surface area contributed by atoms with Gasteiger partial charge in [0.25, 0.3) is 0 Å². The van der Waals surface area contributed by atoms with E-state index in [1.807, 2.05) is 6.07 Å². The fourth-order valence-electron chi connectivity index (χ4n) is 9.32. The summed E-state index contributed by atoms with van der Waals surface area (Å²) in [6.45, 7) is 0. The van der Waals surface area contributed by atoms with Crippen LogP contribution in [0.3, 0.4) is 0 Å². The van der Waals surface area contributed by atoms with Crippen molar-refractivity contribution in [3.63, 3.8) is 0 Å². The Morgan fingerprint density at radius 2 is 0.593 bits per heavy atom. The molecule has 276 valence electrons. The van der Waals surface area contributed by atoms with Crippen LogP contribution in [0.5, 0.6) is 0 Å². The van der Waals surface area contributed by atoms with E-state index in [0.717, 1.165) is 82.6 Å². The molecule has 0 saturated heterocycles. The van der Waals surface area contributed by atoms with Gasteiger partial charge in [0.15, 0.2) is 0 Å². The van der Waals surface area contributed by atoms with Gasteiger partial charge in [0.05, 0.1) is 11.4 Å². The van der Waals surface area contributed by atoms with E-state index in [4.69, 9.17) is 0 Å². The molecule has 12 rings (SSSR count). The van der Waals surface area contributed by atoms with E-state index >= 15 is 4.39 Å². The maximum atomic E-state index is 17.0. The lowest BCUT2D eigenvalue weighted by atomic mass is 9.91. The summed E-state index contributed by atoms with van der Waals surface area (Å²) in [5.41, 5.74) is 5.87. The Morgan fingerprint density at radius 3 is 1.05 bits per heavy atom. The smallest absolute Gasteiger partial charge is 0.133 e.